The van der Waals surface area contributed by atoms with E-state index in [9.17, 15) is 13.6 Å². The van der Waals surface area contributed by atoms with Gasteiger partial charge in [0.05, 0.1) is 25.9 Å². The molecule has 0 saturated heterocycles. The lowest BCUT2D eigenvalue weighted by Crippen LogP contribution is -2.41. The summed E-state index contributed by atoms with van der Waals surface area (Å²) in [7, 11) is 1.51. The number of methoxy groups -OCH3 is 1. The number of amides is 1. The Hall–Kier alpha value is -1.02. The van der Waals surface area contributed by atoms with E-state index < -0.39 is 24.9 Å². The van der Waals surface area contributed by atoms with E-state index in [0.717, 1.165) is 0 Å². The maximum absolute atomic E-state index is 12.9. The summed E-state index contributed by atoms with van der Waals surface area (Å²) in [6, 6.07) is 5.01. The van der Waals surface area contributed by atoms with Crippen molar-refractivity contribution in [1.29, 1.82) is 0 Å². The first-order valence-corrected chi connectivity index (χ1v) is 6.68. The number of carbonyl (C=O) groups is 1. The molecule has 0 saturated carbocycles. The standard InChI is InChI=1S/C13H18ClF2N3O2.2ClH/c1-21-11-3-2-9(14)6-10(11)18-5-4-12(20)19-8-13(15,16)7-17;;/h2-3,6,18H,4-5,7-8,17H2,1H3,(H,19,20);2*1H. The van der Waals surface area contributed by atoms with Crippen LogP contribution in [0, 0.1) is 0 Å². The van der Waals surface area contributed by atoms with Crippen LogP contribution in [0.3, 0.4) is 0 Å². The zero-order chi connectivity index (χ0) is 15.9. The normalized spacial score (nSPS) is 10.1. The van der Waals surface area contributed by atoms with E-state index in [1.807, 2.05) is 0 Å². The number of carbonyl (C=O) groups excluding carboxylic acids is 1. The molecule has 1 rings (SSSR count). The van der Waals surface area contributed by atoms with Gasteiger partial charge in [0.2, 0.25) is 5.91 Å². The molecular weight excluding hydrogens is 375 g/mol. The third kappa shape index (κ3) is 9.00. The van der Waals surface area contributed by atoms with Gasteiger partial charge in [-0.25, -0.2) is 8.78 Å². The molecule has 0 atom stereocenters. The molecule has 1 aromatic carbocycles. The van der Waals surface area contributed by atoms with Gasteiger partial charge in [-0.05, 0) is 18.2 Å². The molecule has 0 bridgehead atoms. The largest absolute Gasteiger partial charge is 0.495 e. The summed E-state index contributed by atoms with van der Waals surface area (Å²) < 4.78 is 30.8. The maximum Gasteiger partial charge on any atom is 0.277 e. The highest BCUT2D eigenvalue weighted by Crippen LogP contribution is 2.27. The number of hydrogen-bond acceptors (Lipinski definition) is 4. The molecule has 0 spiro atoms. The minimum atomic E-state index is -3.08. The first-order valence-electron chi connectivity index (χ1n) is 6.30. The van der Waals surface area contributed by atoms with Crippen LogP contribution in [0.1, 0.15) is 6.42 Å². The summed E-state index contributed by atoms with van der Waals surface area (Å²) in [6.45, 7) is -1.30. The Kier molecular flexibility index (Phi) is 12.1. The maximum atomic E-state index is 12.9. The molecule has 0 aromatic heterocycles. The van der Waals surface area contributed by atoms with Crippen LogP contribution in [0.15, 0.2) is 18.2 Å². The van der Waals surface area contributed by atoms with Crippen molar-refractivity contribution in [2.75, 3.05) is 32.1 Å². The second-order valence-corrected chi connectivity index (χ2v) is 4.79. The van der Waals surface area contributed by atoms with E-state index in [1.165, 1.54) is 7.11 Å². The van der Waals surface area contributed by atoms with Crippen molar-refractivity contribution in [2.45, 2.75) is 12.3 Å². The van der Waals surface area contributed by atoms with Crippen LogP contribution in [0.2, 0.25) is 5.02 Å². The first-order chi connectivity index (χ1) is 9.88. The Labute approximate surface area is 151 Å². The molecule has 0 aliphatic carbocycles. The van der Waals surface area contributed by atoms with Gasteiger partial charge in [-0.3, -0.25) is 4.79 Å². The average Bonchev–Trinajstić information content (AvgIpc) is 2.45. The molecule has 0 radical (unpaired) electrons. The lowest BCUT2D eigenvalue weighted by atomic mass is 10.2. The first kappa shape index (κ1) is 24.2. The SMILES string of the molecule is COc1ccc(Cl)cc1NCCC(=O)NCC(F)(F)CN.Cl.Cl. The Balaban J connectivity index is 0. The van der Waals surface area contributed by atoms with Crippen LogP contribution in [0.5, 0.6) is 5.75 Å². The van der Waals surface area contributed by atoms with E-state index in [1.54, 1.807) is 18.2 Å². The Morgan fingerprint density at radius 3 is 2.61 bits per heavy atom. The van der Waals surface area contributed by atoms with Gasteiger partial charge in [0.1, 0.15) is 5.75 Å². The van der Waals surface area contributed by atoms with Crippen LogP contribution in [-0.4, -0.2) is 38.6 Å². The van der Waals surface area contributed by atoms with Gasteiger partial charge < -0.3 is 21.1 Å². The number of ether oxygens (including phenoxy) is 1. The van der Waals surface area contributed by atoms with Crippen molar-refractivity contribution in [3.63, 3.8) is 0 Å². The predicted octanol–water partition coefficient (Wildman–Crippen LogP) is 2.70. The molecule has 0 unspecified atom stereocenters. The molecule has 0 fully saturated rings. The summed E-state index contributed by atoms with van der Waals surface area (Å²) in [5, 5.41) is 5.62. The van der Waals surface area contributed by atoms with Gasteiger partial charge in [0.15, 0.2) is 0 Å². The highest BCUT2D eigenvalue weighted by Gasteiger charge is 2.26. The molecule has 5 nitrogen and oxygen atoms in total. The topological polar surface area (TPSA) is 76.4 Å². The lowest BCUT2D eigenvalue weighted by Gasteiger charge is -2.15. The van der Waals surface area contributed by atoms with Crippen molar-refractivity contribution in [3.8, 4) is 5.75 Å². The Bertz CT molecular complexity index is 494. The van der Waals surface area contributed by atoms with Gasteiger partial charge in [-0.15, -0.1) is 24.8 Å². The van der Waals surface area contributed by atoms with Gasteiger partial charge in [-0.2, -0.15) is 0 Å². The number of nitrogens with two attached hydrogens (primary N) is 1. The molecule has 23 heavy (non-hydrogen) atoms. The number of rotatable bonds is 8. The molecule has 1 amide bonds. The van der Waals surface area contributed by atoms with Crippen molar-refractivity contribution in [1.82, 2.24) is 5.32 Å². The van der Waals surface area contributed by atoms with E-state index in [0.29, 0.717) is 16.5 Å². The lowest BCUT2D eigenvalue weighted by molar-refractivity contribution is -0.122. The quantitative estimate of drug-likeness (QED) is 0.634. The van der Waals surface area contributed by atoms with Crippen molar-refractivity contribution >= 4 is 48.0 Å². The second kappa shape index (κ2) is 11.5. The zero-order valence-electron chi connectivity index (χ0n) is 12.4. The molecule has 1 aromatic rings. The third-order valence-electron chi connectivity index (χ3n) is 2.67. The van der Waals surface area contributed by atoms with Crippen LogP contribution in [-0.2, 0) is 4.79 Å². The number of benzene rings is 1. The van der Waals surface area contributed by atoms with Crippen LogP contribution in [0.25, 0.3) is 0 Å². The minimum absolute atomic E-state index is 0. The van der Waals surface area contributed by atoms with Crippen molar-refractivity contribution in [2.24, 2.45) is 5.73 Å². The van der Waals surface area contributed by atoms with Gasteiger partial charge in [0.25, 0.3) is 5.92 Å². The summed E-state index contributed by atoms with van der Waals surface area (Å²) in [5.41, 5.74) is 5.50. The number of hydrogen-bond donors (Lipinski definition) is 3. The van der Waals surface area contributed by atoms with E-state index in [4.69, 9.17) is 22.1 Å². The fourth-order valence-corrected chi connectivity index (χ4v) is 1.69. The van der Waals surface area contributed by atoms with Crippen molar-refractivity contribution in [3.05, 3.63) is 23.2 Å². The molecule has 4 N–H and O–H groups in total. The van der Waals surface area contributed by atoms with Gasteiger partial charge in [-0.1, -0.05) is 11.6 Å². The number of nitrogens with one attached hydrogen (secondary N) is 2. The molecule has 0 aliphatic heterocycles. The molecule has 134 valence electrons. The molecule has 0 heterocycles. The minimum Gasteiger partial charge on any atom is -0.495 e. The summed E-state index contributed by atoms with van der Waals surface area (Å²) in [4.78, 5) is 11.4. The van der Waals surface area contributed by atoms with Crippen molar-refractivity contribution < 1.29 is 18.3 Å². The van der Waals surface area contributed by atoms with Gasteiger partial charge in [0, 0.05) is 18.0 Å². The fourth-order valence-electron chi connectivity index (χ4n) is 1.52. The van der Waals surface area contributed by atoms with Crippen LogP contribution < -0.4 is 21.1 Å². The highest BCUT2D eigenvalue weighted by atomic mass is 35.5. The predicted molar refractivity (Wildman–Crippen MR) is 92.6 cm³/mol. The number of alkyl halides is 2. The van der Waals surface area contributed by atoms with Gasteiger partial charge >= 0.3 is 0 Å². The van der Waals surface area contributed by atoms with E-state index in [2.05, 4.69) is 10.6 Å². The molecule has 10 heteroatoms. The Morgan fingerprint density at radius 2 is 2.04 bits per heavy atom. The third-order valence-corrected chi connectivity index (χ3v) is 2.91. The fraction of sp³-hybridized carbons (Fsp3) is 0.462. The number of anilines is 1. The summed E-state index contributed by atoms with van der Waals surface area (Å²) in [5.74, 6) is -3.00. The summed E-state index contributed by atoms with van der Waals surface area (Å²) >= 11 is 5.86. The van der Waals surface area contributed by atoms with Crippen LogP contribution >= 0.6 is 36.4 Å². The zero-order valence-corrected chi connectivity index (χ0v) is 14.8. The van der Waals surface area contributed by atoms with E-state index in [-0.39, 0.29) is 37.8 Å². The monoisotopic (exact) mass is 393 g/mol. The van der Waals surface area contributed by atoms with E-state index >= 15 is 0 Å². The number of halogens is 5. The average molecular weight is 395 g/mol. The highest BCUT2D eigenvalue weighted by molar-refractivity contribution is 6.30. The summed E-state index contributed by atoms with van der Waals surface area (Å²) in [6.07, 6.45) is 0.0380. The van der Waals surface area contributed by atoms with Crippen LogP contribution in [0.4, 0.5) is 14.5 Å². The molecule has 0 aliphatic rings. The second-order valence-electron chi connectivity index (χ2n) is 4.36. The smallest absolute Gasteiger partial charge is 0.277 e. The molecular formula is C13H20Cl3F2N3O2. The Morgan fingerprint density at radius 1 is 1.39 bits per heavy atom.